The molecule has 0 saturated heterocycles. The highest BCUT2D eigenvalue weighted by molar-refractivity contribution is 9.12. The van der Waals surface area contributed by atoms with E-state index in [1.54, 1.807) is 0 Å². The van der Waals surface area contributed by atoms with Gasteiger partial charge in [-0.2, -0.15) is 0 Å². The monoisotopic (exact) mass is 342 g/mol. The molecular formula is C9H6Br2ClFO. The van der Waals surface area contributed by atoms with E-state index in [1.165, 1.54) is 12.1 Å². The summed E-state index contributed by atoms with van der Waals surface area (Å²) in [6, 6.07) is 3.73. The highest BCUT2D eigenvalue weighted by atomic mass is 79.9. The molecular weight excluding hydrogens is 338 g/mol. The molecule has 0 amide bonds. The van der Waals surface area contributed by atoms with Crippen LogP contribution in [0.1, 0.15) is 10.4 Å². The summed E-state index contributed by atoms with van der Waals surface area (Å²) < 4.78 is 12.8. The quantitative estimate of drug-likeness (QED) is 0.602. The number of rotatable bonds is 3. The molecule has 76 valence electrons. The van der Waals surface area contributed by atoms with Crippen molar-refractivity contribution in [1.82, 2.24) is 0 Å². The van der Waals surface area contributed by atoms with Gasteiger partial charge in [-0.1, -0.05) is 43.5 Å². The third-order valence-corrected chi connectivity index (χ3v) is 4.20. The molecule has 5 heteroatoms. The van der Waals surface area contributed by atoms with Crippen LogP contribution in [0.2, 0.25) is 5.02 Å². The minimum atomic E-state index is -0.466. The first-order chi connectivity index (χ1) is 6.56. The Labute approximate surface area is 103 Å². The Bertz CT molecular complexity index is 357. The molecule has 0 heterocycles. The summed E-state index contributed by atoms with van der Waals surface area (Å²) in [7, 11) is 0. The van der Waals surface area contributed by atoms with Crippen LogP contribution in [0.4, 0.5) is 4.39 Å². The van der Waals surface area contributed by atoms with E-state index >= 15 is 0 Å². The molecule has 0 aromatic heterocycles. The fourth-order valence-corrected chi connectivity index (χ4v) is 1.68. The Morgan fingerprint density at radius 2 is 2.21 bits per heavy atom. The summed E-state index contributed by atoms with van der Waals surface area (Å²) in [5.74, 6) is -0.696. The van der Waals surface area contributed by atoms with Crippen LogP contribution in [0.25, 0.3) is 0 Å². The fraction of sp³-hybridized carbons (Fsp3) is 0.222. The Kier molecular flexibility index (Phi) is 4.54. The van der Waals surface area contributed by atoms with Gasteiger partial charge < -0.3 is 0 Å². The van der Waals surface area contributed by atoms with Gasteiger partial charge >= 0.3 is 0 Å². The molecule has 1 atom stereocenters. The largest absolute Gasteiger partial charge is 0.293 e. The molecule has 1 unspecified atom stereocenters. The second kappa shape index (κ2) is 5.24. The normalized spacial score (nSPS) is 12.6. The van der Waals surface area contributed by atoms with Gasteiger partial charge in [-0.05, 0) is 18.2 Å². The zero-order chi connectivity index (χ0) is 10.7. The van der Waals surface area contributed by atoms with Gasteiger partial charge in [0.1, 0.15) is 5.82 Å². The van der Waals surface area contributed by atoms with Crippen molar-refractivity contribution in [3.05, 3.63) is 34.6 Å². The van der Waals surface area contributed by atoms with Gasteiger partial charge in [0.25, 0.3) is 0 Å². The molecule has 1 aromatic rings. The zero-order valence-corrected chi connectivity index (χ0v) is 10.9. The first kappa shape index (κ1) is 12.1. The van der Waals surface area contributed by atoms with Gasteiger partial charge in [-0.3, -0.25) is 4.79 Å². The van der Waals surface area contributed by atoms with Gasteiger partial charge in [-0.15, -0.1) is 0 Å². The number of benzene rings is 1. The van der Waals surface area contributed by atoms with Crippen molar-refractivity contribution in [1.29, 1.82) is 0 Å². The second-order valence-electron chi connectivity index (χ2n) is 2.61. The third kappa shape index (κ3) is 2.78. The number of Topliss-reactive ketones (excluding diaryl/α,β-unsaturated/α-hetero) is 1. The Morgan fingerprint density at radius 3 is 2.79 bits per heavy atom. The topological polar surface area (TPSA) is 17.1 Å². The molecule has 0 bridgehead atoms. The molecule has 0 aliphatic carbocycles. The van der Waals surface area contributed by atoms with Crippen LogP contribution in [0.3, 0.4) is 0 Å². The lowest BCUT2D eigenvalue weighted by Gasteiger charge is -2.06. The van der Waals surface area contributed by atoms with Crippen LogP contribution in [0.5, 0.6) is 0 Å². The van der Waals surface area contributed by atoms with Crippen molar-refractivity contribution >= 4 is 49.2 Å². The predicted octanol–water partition coefficient (Wildman–Crippen LogP) is 3.82. The van der Waals surface area contributed by atoms with Crippen molar-refractivity contribution in [2.24, 2.45) is 0 Å². The lowest BCUT2D eigenvalue weighted by molar-refractivity contribution is 0.0997. The predicted molar refractivity (Wildman–Crippen MR) is 62.2 cm³/mol. The molecule has 1 nitrogen and oxygen atoms in total. The second-order valence-corrected chi connectivity index (χ2v) is 4.77. The summed E-state index contributed by atoms with van der Waals surface area (Å²) >= 11 is 12.1. The molecule has 0 aliphatic rings. The molecule has 0 radical (unpaired) electrons. The Morgan fingerprint density at radius 1 is 1.57 bits per heavy atom. The third-order valence-electron chi connectivity index (χ3n) is 1.61. The lowest BCUT2D eigenvalue weighted by atomic mass is 10.1. The lowest BCUT2D eigenvalue weighted by Crippen LogP contribution is -2.16. The van der Waals surface area contributed by atoms with Crippen molar-refractivity contribution in [2.75, 3.05) is 5.33 Å². The van der Waals surface area contributed by atoms with Gasteiger partial charge in [0.2, 0.25) is 0 Å². The standard InChI is InChI=1S/C9H6Br2ClFO/c10-4-7(11)9(14)6-3-5(13)1-2-8(6)12/h1-3,7H,4H2. The first-order valence-electron chi connectivity index (χ1n) is 3.75. The van der Waals surface area contributed by atoms with E-state index in [-0.39, 0.29) is 21.2 Å². The SMILES string of the molecule is O=C(c1cc(F)ccc1Cl)C(Br)CBr. The van der Waals surface area contributed by atoms with Crippen LogP contribution < -0.4 is 0 Å². The van der Waals surface area contributed by atoms with Crippen molar-refractivity contribution in [2.45, 2.75) is 4.83 Å². The number of hydrogen-bond acceptors (Lipinski definition) is 1. The van der Waals surface area contributed by atoms with E-state index < -0.39 is 5.82 Å². The van der Waals surface area contributed by atoms with Crippen LogP contribution in [0.15, 0.2) is 18.2 Å². The highest BCUT2D eigenvalue weighted by Crippen LogP contribution is 2.21. The Hall–Kier alpha value is 0.0700. The molecule has 0 fully saturated rings. The molecule has 0 aliphatic heterocycles. The van der Waals surface area contributed by atoms with Crippen LogP contribution in [0, 0.1) is 5.82 Å². The number of carbonyl (C=O) groups excluding carboxylic acids is 1. The van der Waals surface area contributed by atoms with Gasteiger partial charge in [0.05, 0.1) is 9.85 Å². The van der Waals surface area contributed by atoms with Crippen molar-refractivity contribution in [3.63, 3.8) is 0 Å². The van der Waals surface area contributed by atoms with Gasteiger partial charge in [-0.25, -0.2) is 4.39 Å². The minimum absolute atomic E-state index is 0.202. The fourth-order valence-electron chi connectivity index (χ4n) is 0.925. The average molecular weight is 344 g/mol. The van der Waals surface area contributed by atoms with Crippen LogP contribution >= 0.6 is 43.5 Å². The van der Waals surface area contributed by atoms with Crippen molar-refractivity contribution < 1.29 is 9.18 Å². The van der Waals surface area contributed by atoms with E-state index in [1.807, 2.05) is 0 Å². The molecule has 1 rings (SSSR count). The van der Waals surface area contributed by atoms with E-state index in [0.29, 0.717) is 5.33 Å². The smallest absolute Gasteiger partial charge is 0.178 e. The average Bonchev–Trinajstić information content (AvgIpc) is 2.19. The molecule has 0 spiro atoms. The van der Waals surface area contributed by atoms with Crippen LogP contribution in [-0.2, 0) is 0 Å². The minimum Gasteiger partial charge on any atom is -0.293 e. The zero-order valence-electron chi connectivity index (χ0n) is 6.94. The molecule has 1 aromatic carbocycles. The van der Waals surface area contributed by atoms with Crippen molar-refractivity contribution in [3.8, 4) is 0 Å². The maximum atomic E-state index is 12.8. The summed E-state index contributed by atoms with van der Waals surface area (Å²) in [4.78, 5) is 11.2. The molecule has 14 heavy (non-hydrogen) atoms. The van der Waals surface area contributed by atoms with E-state index in [9.17, 15) is 9.18 Å². The summed E-state index contributed by atoms with van der Waals surface area (Å²) in [6.45, 7) is 0. The maximum absolute atomic E-state index is 12.8. The molecule has 0 saturated carbocycles. The molecule has 0 N–H and O–H groups in total. The number of halogens is 4. The number of ketones is 1. The number of alkyl halides is 2. The van der Waals surface area contributed by atoms with Crippen LogP contribution in [-0.4, -0.2) is 15.9 Å². The first-order valence-corrected chi connectivity index (χ1v) is 6.17. The number of hydrogen-bond donors (Lipinski definition) is 0. The van der Waals surface area contributed by atoms with E-state index in [0.717, 1.165) is 6.07 Å². The number of carbonyl (C=O) groups is 1. The maximum Gasteiger partial charge on any atom is 0.178 e. The summed E-state index contributed by atoms with van der Waals surface area (Å²) in [5, 5.41) is 0.723. The van der Waals surface area contributed by atoms with E-state index in [4.69, 9.17) is 11.6 Å². The highest BCUT2D eigenvalue weighted by Gasteiger charge is 2.18. The van der Waals surface area contributed by atoms with Gasteiger partial charge in [0.15, 0.2) is 5.78 Å². The van der Waals surface area contributed by atoms with E-state index in [2.05, 4.69) is 31.9 Å². The summed E-state index contributed by atoms with van der Waals surface area (Å²) in [5.41, 5.74) is 0.202. The van der Waals surface area contributed by atoms with Gasteiger partial charge in [0, 0.05) is 10.9 Å². The Balaban J connectivity index is 3.06. The summed E-state index contributed by atoms with van der Waals surface area (Å²) in [6.07, 6.45) is 0.